The lowest BCUT2D eigenvalue weighted by Gasteiger charge is -2.17. The lowest BCUT2D eigenvalue weighted by Crippen LogP contribution is -2.28. The van der Waals surface area contributed by atoms with Crippen LogP contribution in [0.25, 0.3) is 0 Å². The zero-order chi connectivity index (χ0) is 20.4. The SMILES string of the molecule is COc1cc(C(=O)Nc2ccc(C(=O)N3CCc4ccccc43)cc2)ccc1C. The van der Waals surface area contributed by atoms with E-state index in [-0.39, 0.29) is 11.8 Å². The van der Waals surface area contributed by atoms with E-state index in [0.29, 0.717) is 29.1 Å². The van der Waals surface area contributed by atoms with Crippen molar-refractivity contribution in [1.82, 2.24) is 0 Å². The number of hydrogen-bond acceptors (Lipinski definition) is 3. The number of hydrogen-bond donors (Lipinski definition) is 1. The van der Waals surface area contributed by atoms with Gasteiger partial charge in [-0.2, -0.15) is 0 Å². The summed E-state index contributed by atoms with van der Waals surface area (Å²) in [6.45, 7) is 2.61. The summed E-state index contributed by atoms with van der Waals surface area (Å²) in [5, 5.41) is 2.86. The van der Waals surface area contributed by atoms with Gasteiger partial charge in [0.05, 0.1) is 7.11 Å². The molecule has 0 aromatic heterocycles. The van der Waals surface area contributed by atoms with Gasteiger partial charge in [0.25, 0.3) is 11.8 Å². The second kappa shape index (κ2) is 7.80. The normalized spacial score (nSPS) is 12.4. The third-order valence-electron chi connectivity index (χ3n) is 5.19. The Morgan fingerprint density at radius 3 is 2.45 bits per heavy atom. The maximum absolute atomic E-state index is 12.9. The second-order valence-corrected chi connectivity index (χ2v) is 7.05. The summed E-state index contributed by atoms with van der Waals surface area (Å²) in [6.07, 6.45) is 0.871. The van der Waals surface area contributed by atoms with Gasteiger partial charge in [-0.15, -0.1) is 0 Å². The molecule has 0 unspecified atom stereocenters. The molecule has 3 aromatic carbocycles. The lowest BCUT2D eigenvalue weighted by atomic mass is 10.1. The fraction of sp³-hybridized carbons (Fsp3) is 0.167. The van der Waals surface area contributed by atoms with Crippen molar-refractivity contribution in [2.45, 2.75) is 13.3 Å². The average Bonchev–Trinajstić information content (AvgIpc) is 3.18. The summed E-state index contributed by atoms with van der Waals surface area (Å²) in [7, 11) is 1.58. The van der Waals surface area contributed by atoms with E-state index in [9.17, 15) is 9.59 Å². The van der Waals surface area contributed by atoms with Gasteiger partial charge >= 0.3 is 0 Å². The van der Waals surface area contributed by atoms with E-state index in [1.165, 1.54) is 5.56 Å². The van der Waals surface area contributed by atoms with Gasteiger partial charge in [0.1, 0.15) is 5.75 Å². The van der Waals surface area contributed by atoms with Gasteiger partial charge in [0.2, 0.25) is 0 Å². The maximum atomic E-state index is 12.9. The van der Waals surface area contributed by atoms with Gasteiger partial charge in [0.15, 0.2) is 0 Å². The van der Waals surface area contributed by atoms with Gasteiger partial charge in [-0.3, -0.25) is 9.59 Å². The highest BCUT2D eigenvalue weighted by molar-refractivity contribution is 6.08. The number of carbonyl (C=O) groups is 2. The molecule has 0 radical (unpaired) electrons. The number of fused-ring (bicyclic) bond motifs is 1. The smallest absolute Gasteiger partial charge is 0.258 e. The molecule has 5 heteroatoms. The summed E-state index contributed by atoms with van der Waals surface area (Å²) in [5.41, 5.74) is 4.88. The van der Waals surface area contributed by atoms with Crippen LogP contribution >= 0.6 is 0 Å². The number of ether oxygens (including phenoxy) is 1. The van der Waals surface area contributed by atoms with Crippen molar-refractivity contribution in [3.05, 3.63) is 89.0 Å². The third-order valence-corrected chi connectivity index (χ3v) is 5.19. The zero-order valence-corrected chi connectivity index (χ0v) is 16.4. The maximum Gasteiger partial charge on any atom is 0.258 e. The molecular weight excluding hydrogens is 364 g/mol. The first-order chi connectivity index (χ1) is 14.1. The molecule has 1 aliphatic rings. The third kappa shape index (κ3) is 3.72. The molecule has 1 aliphatic heterocycles. The van der Waals surface area contributed by atoms with Gasteiger partial charge in [-0.25, -0.2) is 0 Å². The highest BCUT2D eigenvalue weighted by Crippen LogP contribution is 2.29. The molecule has 0 aliphatic carbocycles. The van der Waals surface area contributed by atoms with Crippen molar-refractivity contribution in [2.24, 2.45) is 0 Å². The monoisotopic (exact) mass is 386 g/mol. The Labute approximate surface area is 169 Å². The molecule has 0 atom stereocenters. The Morgan fingerprint density at radius 1 is 0.966 bits per heavy atom. The van der Waals surface area contributed by atoms with Crippen LogP contribution in [-0.4, -0.2) is 25.5 Å². The van der Waals surface area contributed by atoms with Crippen molar-refractivity contribution in [2.75, 3.05) is 23.9 Å². The fourth-order valence-corrected chi connectivity index (χ4v) is 3.57. The van der Waals surface area contributed by atoms with E-state index < -0.39 is 0 Å². The minimum atomic E-state index is -0.226. The Morgan fingerprint density at radius 2 is 1.69 bits per heavy atom. The number of benzene rings is 3. The minimum absolute atomic E-state index is 0.0314. The Kier molecular flexibility index (Phi) is 5.04. The molecule has 1 heterocycles. The molecule has 3 aromatic rings. The standard InChI is InChI=1S/C24H22N2O3/c1-16-7-8-19(15-22(16)29-2)23(27)25-20-11-9-18(10-12-20)24(28)26-14-13-17-5-3-4-6-21(17)26/h3-12,15H,13-14H2,1-2H3,(H,25,27). The van der Waals surface area contributed by atoms with Crippen molar-refractivity contribution in [3.63, 3.8) is 0 Å². The van der Waals surface area contributed by atoms with Crippen molar-refractivity contribution in [1.29, 1.82) is 0 Å². The summed E-state index contributed by atoms with van der Waals surface area (Å²) >= 11 is 0. The van der Waals surface area contributed by atoms with Crippen LogP contribution < -0.4 is 15.0 Å². The van der Waals surface area contributed by atoms with Crippen LogP contribution in [0.15, 0.2) is 66.7 Å². The van der Waals surface area contributed by atoms with E-state index in [2.05, 4.69) is 11.4 Å². The predicted molar refractivity (Wildman–Crippen MR) is 114 cm³/mol. The molecule has 4 rings (SSSR count). The van der Waals surface area contributed by atoms with Crippen LogP contribution in [0.5, 0.6) is 5.75 Å². The average molecular weight is 386 g/mol. The highest BCUT2D eigenvalue weighted by atomic mass is 16.5. The Hall–Kier alpha value is -3.60. The Bertz CT molecular complexity index is 1070. The topological polar surface area (TPSA) is 58.6 Å². The number of methoxy groups -OCH3 is 1. The van der Waals surface area contributed by atoms with E-state index in [4.69, 9.17) is 4.74 Å². The molecule has 0 fully saturated rings. The highest BCUT2D eigenvalue weighted by Gasteiger charge is 2.25. The zero-order valence-electron chi connectivity index (χ0n) is 16.4. The molecule has 29 heavy (non-hydrogen) atoms. The number of amides is 2. The van der Waals surface area contributed by atoms with Crippen LogP contribution in [0.1, 0.15) is 31.8 Å². The van der Waals surface area contributed by atoms with Crippen molar-refractivity contribution in [3.8, 4) is 5.75 Å². The fourth-order valence-electron chi connectivity index (χ4n) is 3.57. The van der Waals surface area contributed by atoms with Crippen LogP contribution in [0.3, 0.4) is 0 Å². The molecule has 5 nitrogen and oxygen atoms in total. The van der Waals surface area contributed by atoms with E-state index in [1.807, 2.05) is 36.1 Å². The molecule has 1 N–H and O–H groups in total. The largest absolute Gasteiger partial charge is 0.496 e. The number of nitrogens with one attached hydrogen (secondary N) is 1. The van der Waals surface area contributed by atoms with E-state index in [0.717, 1.165) is 17.7 Å². The van der Waals surface area contributed by atoms with Crippen molar-refractivity contribution >= 4 is 23.2 Å². The lowest BCUT2D eigenvalue weighted by molar-refractivity contribution is 0.0988. The van der Waals surface area contributed by atoms with Crippen LogP contribution in [0.2, 0.25) is 0 Å². The number of para-hydroxylation sites is 1. The van der Waals surface area contributed by atoms with Crippen molar-refractivity contribution < 1.29 is 14.3 Å². The van der Waals surface area contributed by atoms with E-state index in [1.54, 1.807) is 43.5 Å². The summed E-state index contributed by atoms with van der Waals surface area (Å²) in [5.74, 6) is 0.413. The minimum Gasteiger partial charge on any atom is -0.496 e. The van der Waals surface area contributed by atoms with Gasteiger partial charge in [-0.05, 0) is 66.9 Å². The van der Waals surface area contributed by atoms with Gasteiger partial charge in [0, 0.05) is 29.0 Å². The second-order valence-electron chi connectivity index (χ2n) is 7.05. The first kappa shape index (κ1) is 18.7. The number of nitrogens with zero attached hydrogens (tertiary/aromatic N) is 1. The molecule has 0 bridgehead atoms. The molecule has 0 spiro atoms. The summed E-state index contributed by atoms with van der Waals surface area (Å²) < 4.78 is 5.28. The Balaban J connectivity index is 1.47. The van der Waals surface area contributed by atoms with Crippen LogP contribution in [0, 0.1) is 6.92 Å². The first-order valence-corrected chi connectivity index (χ1v) is 9.52. The molecule has 0 saturated heterocycles. The molecule has 146 valence electrons. The number of aryl methyl sites for hydroxylation is 1. The molecule has 0 saturated carbocycles. The van der Waals surface area contributed by atoms with E-state index >= 15 is 0 Å². The predicted octanol–water partition coefficient (Wildman–Crippen LogP) is 4.46. The summed E-state index contributed by atoms with van der Waals surface area (Å²) in [4.78, 5) is 27.2. The number of rotatable bonds is 4. The van der Waals surface area contributed by atoms with Gasteiger partial charge in [-0.1, -0.05) is 24.3 Å². The van der Waals surface area contributed by atoms with Crippen LogP contribution in [0.4, 0.5) is 11.4 Å². The van der Waals surface area contributed by atoms with Crippen LogP contribution in [-0.2, 0) is 6.42 Å². The molecule has 2 amide bonds. The summed E-state index contributed by atoms with van der Waals surface area (Å²) in [6, 6.07) is 20.3. The molecular formula is C24H22N2O3. The number of anilines is 2. The van der Waals surface area contributed by atoms with Gasteiger partial charge < -0.3 is 15.0 Å². The number of carbonyl (C=O) groups excluding carboxylic acids is 2. The first-order valence-electron chi connectivity index (χ1n) is 9.52. The quantitative estimate of drug-likeness (QED) is 0.720.